The molecule has 0 saturated heterocycles. The van der Waals surface area contributed by atoms with E-state index in [-0.39, 0.29) is 13.2 Å². The van der Waals surface area contributed by atoms with E-state index in [0.29, 0.717) is 11.1 Å². The lowest BCUT2D eigenvalue weighted by molar-refractivity contribution is -0.221. The molecule has 0 unspecified atom stereocenters. The molecule has 164 valence electrons. The summed E-state index contributed by atoms with van der Waals surface area (Å²) in [5.41, 5.74) is 1.43. The highest BCUT2D eigenvalue weighted by Crippen LogP contribution is 2.31. The minimum atomic E-state index is -1.05. The molecule has 0 aromatic heterocycles. The van der Waals surface area contributed by atoms with E-state index in [1.807, 2.05) is 0 Å². The van der Waals surface area contributed by atoms with Gasteiger partial charge in [-0.25, -0.2) is 9.59 Å². The first-order chi connectivity index (χ1) is 13.9. The van der Waals surface area contributed by atoms with Crippen molar-refractivity contribution in [3.63, 3.8) is 0 Å². The summed E-state index contributed by atoms with van der Waals surface area (Å²) in [6, 6.07) is 0. The standard InChI is InChI=1S/C20H30O9/c1-7-25-19(21)17-15(11(3)9-13(23-5)27-17)29-16-12(4)10-14(24-6)28-18(16)20(22)26-8-2/h9-10,13-18H,7-8H2,1-6H3/t13-,14+,15+,16-,17+,18-. The molecule has 0 aliphatic carbocycles. The third-order valence-corrected chi connectivity index (χ3v) is 4.60. The number of hydrogen-bond donors (Lipinski definition) is 0. The van der Waals surface area contributed by atoms with Crippen LogP contribution in [0.1, 0.15) is 27.7 Å². The van der Waals surface area contributed by atoms with E-state index < -0.39 is 48.9 Å². The van der Waals surface area contributed by atoms with E-state index >= 15 is 0 Å². The van der Waals surface area contributed by atoms with Gasteiger partial charge in [0.05, 0.1) is 13.2 Å². The molecule has 0 radical (unpaired) electrons. The number of ether oxygens (including phenoxy) is 7. The highest BCUT2D eigenvalue weighted by atomic mass is 16.7. The van der Waals surface area contributed by atoms with Crippen LogP contribution in [-0.4, -0.2) is 76.4 Å². The van der Waals surface area contributed by atoms with Gasteiger partial charge >= 0.3 is 11.9 Å². The molecule has 2 rings (SSSR count). The fraction of sp³-hybridized carbons (Fsp3) is 0.700. The summed E-state index contributed by atoms with van der Waals surface area (Å²) >= 11 is 0. The second-order valence-electron chi connectivity index (χ2n) is 6.62. The summed E-state index contributed by atoms with van der Waals surface area (Å²) in [6.07, 6.45) is -1.70. The Bertz CT molecular complexity index is 588. The van der Waals surface area contributed by atoms with Gasteiger partial charge in [0.1, 0.15) is 12.2 Å². The predicted molar refractivity (Wildman–Crippen MR) is 101 cm³/mol. The highest BCUT2D eigenvalue weighted by molar-refractivity contribution is 5.77. The van der Waals surface area contributed by atoms with Crippen LogP contribution < -0.4 is 0 Å². The van der Waals surface area contributed by atoms with Gasteiger partial charge in [-0.2, -0.15) is 0 Å². The van der Waals surface area contributed by atoms with Gasteiger partial charge in [-0.15, -0.1) is 0 Å². The zero-order valence-electron chi connectivity index (χ0n) is 17.7. The maximum atomic E-state index is 12.5. The average molecular weight is 414 g/mol. The summed E-state index contributed by atoms with van der Waals surface area (Å²) in [4.78, 5) is 25.0. The Balaban J connectivity index is 2.33. The van der Waals surface area contributed by atoms with Crippen LogP contribution in [0, 0.1) is 0 Å². The Hall–Kier alpha value is -1.78. The largest absolute Gasteiger partial charge is 0.464 e. The fourth-order valence-electron chi connectivity index (χ4n) is 3.18. The Labute approximate surface area is 170 Å². The van der Waals surface area contributed by atoms with Crippen LogP contribution in [0.5, 0.6) is 0 Å². The molecule has 29 heavy (non-hydrogen) atoms. The molecule has 0 aromatic rings. The van der Waals surface area contributed by atoms with Crippen molar-refractivity contribution in [2.24, 2.45) is 0 Å². The van der Waals surface area contributed by atoms with E-state index in [1.165, 1.54) is 14.2 Å². The molecular formula is C20H30O9. The number of rotatable bonds is 8. The average Bonchev–Trinajstić information content (AvgIpc) is 2.70. The van der Waals surface area contributed by atoms with Gasteiger partial charge in [0, 0.05) is 14.2 Å². The highest BCUT2D eigenvalue weighted by Gasteiger charge is 2.45. The maximum Gasteiger partial charge on any atom is 0.338 e. The van der Waals surface area contributed by atoms with E-state index in [2.05, 4.69) is 0 Å². The summed E-state index contributed by atoms with van der Waals surface area (Å²) in [5.74, 6) is -1.15. The molecular weight excluding hydrogens is 384 g/mol. The van der Waals surface area contributed by atoms with Crippen LogP contribution >= 0.6 is 0 Å². The lowest BCUT2D eigenvalue weighted by atomic mass is 9.98. The van der Waals surface area contributed by atoms with Crippen molar-refractivity contribution in [1.29, 1.82) is 0 Å². The molecule has 2 heterocycles. The monoisotopic (exact) mass is 414 g/mol. The van der Waals surface area contributed by atoms with Crippen molar-refractivity contribution >= 4 is 11.9 Å². The SMILES string of the molecule is CCOC(=O)[C@H]1O[C@@H](OC)C=C(C)[C@@H]1O[C@@H]1C(C)=C[C@@H](OC)O[C@H]1C(=O)OCC. The number of methoxy groups -OCH3 is 2. The van der Waals surface area contributed by atoms with Crippen LogP contribution in [0.25, 0.3) is 0 Å². The van der Waals surface area contributed by atoms with Crippen molar-refractivity contribution in [2.45, 2.75) is 64.7 Å². The van der Waals surface area contributed by atoms with Gasteiger partial charge in [-0.05, 0) is 51.0 Å². The number of esters is 2. The first-order valence-corrected chi connectivity index (χ1v) is 9.58. The van der Waals surface area contributed by atoms with Gasteiger partial charge in [0.25, 0.3) is 0 Å². The second-order valence-corrected chi connectivity index (χ2v) is 6.62. The summed E-state index contributed by atoms with van der Waals surface area (Å²) in [7, 11) is 2.95. The van der Waals surface area contributed by atoms with Crippen molar-refractivity contribution in [2.75, 3.05) is 27.4 Å². The van der Waals surface area contributed by atoms with Crippen molar-refractivity contribution in [3.05, 3.63) is 23.3 Å². The van der Waals surface area contributed by atoms with Gasteiger partial charge < -0.3 is 33.2 Å². The Morgan fingerprint density at radius 3 is 1.52 bits per heavy atom. The quantitative estimate of drug-likeness (QED) is 0.432. The topological polar surface area (TPSA) is 98.8 Å². The molecule has 6 atom stereocenters. The smallest absolute Gasteiger partial charge is 0.338 e. The van der Waals surface area contributed by atoms with Gasteiger partial charge in [-0.1, -0.05) is 0 Å². The fourth-order valence-corrected chi connectivity index (χ4v) is 3.18. The Morgan fingerprint density at radius 1 is 0.828 bits per heavy atom. The van der Waals surface area contributed by atoms with Crippen LogP contribution in [0.15, 0.2) is 23.3 Å². The molecule has 0 aromatic carbocycles. The van der Waals surface area contributed by atoms with Crippen molar-refractivity contribution in [3.8, 4) is 0 Å². The first-order valence-electron chi connectivity index (χ1n) is 9.58. The Morgan fingerprint density at radius 2 is 1.21 bits per heavy atom. The first kappa shape index (κ1) is 23.5. The summed E-state index contributed by atoms with van der Waals surface area (Å²) in [6.45, 7) is 7.39. The van der Waals surface area contributed by atoms with Crippen LogP contribution in [0.4, 0.5) is 0 Å². The van der Waals surface area contributed by atoms with Crippen molar-refractivity contribution < 1.29 is 42.7 Å². The minimum absolute atomic E-state index is 0.193. The molecule has 0 N–H and O–H groups in total. The molecule has 0 fully saturated rings. The van der Waals surface area contributed by atoms with Gasteiger partial charge in [0.2, 0.25) is 0 Å². The molecule has 9 nitrogen and oxygen atoms in total. The molecule has 2 aliphatic heterocycles. The van der Waals surface area contributed by atoms with Crippen molar-refractivity contribution in [1.82, 2.24) is 0 Å². The maximum absolute atomic E-state index is 12.5. The molecule has 0 spiro atoms. The number of hydrogen-bond acceptors (Lipinski definition) is 9. The van der Waals surface area contributed by atoms with Gasteiger partial charge in [-0.3, -0.25) is 0 Å². The van der Waals surface area contributed by atoms with Crippen LogP contribution in [0.3, 0.4) is 0 Å². The Kier molecular flexibility index (Phi) is 8.79. The lowest BCUT2D eigenvalue weighted by Gasteiger charge is -2.39. The normalized spacial score (nSPS) is 32.2. The zero-order valence-corrected chi connectivity index (χ0v) is 17.7. The summed E-state index contributed by atoms with van der Waals surface area (Å²) in [5, 5.41) is 0. The third-order valence-electron chi connectivity index (χ3n) is 4.60. The van der Waals surface area contributed by atoms with E-state index in [4.69, 9.17) is 33.2 Å². The third kappa shape index (κ3) is 5.64. The van der Waals surface area contributed by atoms with Gasteiger partial charge in [0.15, 0.2) is 24.8 Å². The van der Waals surface area contributed by atoms with E-state index in [9.17, 15) is 9.59 Å². The molecule has 0 bridgehead atoms. The van der Waals surface area contributed by atoms with E-state index in [1.54, 1.807) is 39.8 Å². The zero-order chi connectivity index (χ0) is 21.6. The van der Waals surface area contributed by atoms with Crippen LogP contribution in [-0.2, 0) is 42.7 Å². The van der Waals surface area contributed by atoms with E-state index in [0.717, 1.165) is 0 Å². The number of carbonyl (C=O) groups is 2. The predicted octanol–water partition coefficient (Wildman–Crippen LogP) is 1.50. The molecule has 2 aliphatic rings. The lowest BCUT2D eigenvalue weighted by Crippen LogP contribution is -2.52. The minimum Gasteiger partial charge on any atom is -0.464 e. The second kappa shape index (κ2) is 10.8. The molecule has 0 saturated carbocycles. The number of carbonyl (C=O) groups excluding carboxylic acids is 2. The molecule has 9 heteroatoms. The molecule has 0 amide bonds. The summed E-state index contributed by atoms with van der Waals surface area (Å²) < 4.78 is 38.3. The van der Waals surface area contributed by atoms with Crippen LogP contribution in [0.2, 0.25) is 0 Å².